The number of sulfonamides is 1. The van der Waals surface area contributed by atoms with Gasteiger partial charge in [0.25, 0.3) is 5.91 Å². The van der Waals surface area contributed by atoms with Gasteiger partial charge in [0.2, 0.25) is 15.9 Å². The third-order valence-corrected chi connectivity index (χ3v) is 6.86. The second-order valence-corrected chi connectivity index (χ2v) is 9.37. The predicted molar refractivity (Wildman–Crippen MR) is 111 cm³/mol. The van der Waals surface area contributed by atoms with Crippen LogP contribution in [0.5, 0.6) is 0 Å². The molecule has 1 amide bonds. The first-order valence-corrected chi connectivity index (χ1v) is 11.1. The highest BCUT2D eigenvalue weighted by Crippen LogP contribution is 2.25. The van der Waals surface area contributed by atoms with Crippen LogP contribution in [0.25, 0.3) is 0 Å². The fraction of sp³-hybridized carbons (Fsp3) is 0.286. The van der Waals surface area contributed by atoms with Crippen molar-refractivity contribution in [3.63, 3.8) is 0 Å². The minimum atomic E-state index is -3.65. The predicted octanol–water partition coefficient (Wildman–Crippen LogP) is 3.19. The van der Waals surface area contributed by atoms with Crippen LogP contribution in [0.3, 0.4) is 0 Å². The van der Waals surface area contributed by atoms with Crippen LogP contribution in [-0.2, 0) is 23.0 Å². The van der Waals surface area contributed by atoms with Crippen LogP contribution in [0, 0.1) is 0 Å². The Labute approximate surface area is 175 Å². The van der Waals surface area contributed by atoms with E-state index in [2.05, 4.69) is 15.5 Å². The van der Waals surface area contributed by atoms with Gasteiger partial charge in [0, 0.05) is 24.6 Å². The summed E-state index contributed by atoms with van der Waals surface area (Å²) in [7, 11) is -3.65. The van der Waals surface area contributed by atoms with Crippen LogP contribution in [0.15, 0.2) is 57.8 Å². The summed E-state index contributed by atoms with van der Waals surface area (Å²) in [4.78, 5) is 12.5. The summed E-state index contributed by atoms with van der Waals surface area (Å²) in [6.07, 6.45) is 0.679. The molecule has 0 spiro atoms. The first-order valence-electron chi connectivity index (χ1n) is 9.66. The molecule has 2 aromatic carbocycles. The smallest absolute Gasteiger partial charge is 0.322 e. The lowest BCUT2D eigenvalue weighted by atomic mass is 10.0. The molecule has 0 unspecified atom stereocenters. The van der Waals surface area contributed by atoms with Crippen molar-refractivity contribution in [3.05, 3.63) is 71.1 Å². The SMILES string of the molecule is CC(C)c1nnc(NC(=O)c2ccc(S(=O)(=O)N3CCc4ccccc4C3)cc2)o1. The molecule has 1 aromatic heterocycles. The van der Waals surface area contributed by atoms with Crippen molar-refractivity contribution in [2.75, 3.05) is 11.9 Å². The van der Waals surface area contributed by atoms with Crippen molar-refractivity contribution in [2.45, 2.75) is 37.6 Å². The first-order chi connectivity index (χ1) is 14.3. The number of hydrogen-bond acceptors (Lipinski definition) is 6. The lowest BCUT2D eigenvalue weighted by Gasteiger charge is -2.28. The van der Waals surface area contributed by atoms with E-state index in [9.17, 15) is 13.2 Å². The Morgan fingerprint density at radius 1 is 1.07 bits per heavy atom. The van der Waals surface area contributed by atoms with E-state index >= 15 is 0 Å². The largest absolute Gasteiger partial charge is 0.408 e. The van der Waals surface area contributed by atoms with Crippen molar-refractivity contribution in [3.8, 4) is 0 Å². The third-order valence-electron chi connectivity index (χ3n) is 5.00. The molecule has 0 radical (unpaired) electrons. The Kier molecular flexibility index (Phi) is 5.40. The van der Waals surface area contributed by atoms with E-state index in [0.29, 0.717) is 31.0 Å². The molecule has 3 aromatic rings. The number of rotatable bonds is 5. The number of nitrogens with zero attached hydrogens (tertiary/aromatic N) is 3. The summed E-state index contributed by atoms with van der Waals surface area (Å²) >= 11 is 0. The van der Waals surface area contributed by atoms with Crippen molar-refractivity contribution in [1.82, 2.24) is 14.5 Å². The molecule has 30 heavy (non-hydrogen) atoms. The zero-order chi connectivity index (χ0) is 21.3. The minimum absolute atomic E-state index is 0.00683. The second-order valence-electron chi connectivity index (χ2n) is 7.44. The summed E-state index contributed by atoms with van der Waals surface area (Å²) < 4.78 is 32.9. The highest BCUT2D eigenvalue weighted by Gasteiger charge is 2.28. The molecule has 2 heterocycles. The zero-order valence-electron chi connectivity index (χ0n) is 16.7. The van der Waals surface area contributed by atoms with E-state index in [1.54, 1.807) is 0 Å². The van der Waals surface area contributed by atoms with Gasteiger partial charge in [0.05, 0.1) is 4.90 Å². The van der Waals surface area contributed by atoms with Gasteiger partial charge < -0.3 is 4.42 Å². The summed E-state index contributed by atoms with van der Waals surface area (Å²) in [5, 5.41) is 10.2. The van der Waals surface area contributed by atoms with E-state index < -0.39 is 15.9 Å². The lowest BCUT2D eigenvalue weighted by molar-refractivity contribution is 0.102. The number of anilines is 1. The molecule has 0 atom stereocenters. The third kappa shape index (κ3) is 3.99. The average molecular weight is 426 g/mol. The Morgan fingerprint density at radius 3 is 2.43 bits per heavy atom. The number of fused-ring (bicyclic) bond motifs is 1. The highest BCUT2D eigenvalue weighted by molar-refractivity contribution is 7.89. The normalized spacial score (nSPS) is 14.5. The van der Waals surface area contributed by atoms with Gasteiger partial charge in [-0.1, -0.05) is 43.2 Å². The van der Waals surface area contributed by atoms with E-state index in [4.69, 9.17) is 4.42 Å². The van der Waals surface area contributed by atoms with Crippen LogP contribution in [0.2, 0.25) is 0 Å². The summed E-state index contributed by atoms with van der Waals surface area (Å²) in [5.41, 5.74) is 2.49. The summed E-state index contributed by atoms with van der Waals surface area (Å²) in [6, 6.07) is 13.7. The Bertz CT molecular complexity index is 1170. The number of amides is 1. The molecule has 0 saturated heterocycles. The topological polar surface area (TPSA) is 105 Å². The van der Waals surface area contributed by atoms with Crippen molar-refractivity contribution < 1.29 is 17.6 Å². The van der Waals surface area contributed by atoms with Gasteiger partial charge in [-0.3, -0.25) is 10.1 Å². The fourth-order valence-corrected chi connectivity index (χ4v) is 4.71. The first kappa shape index (κ1) is 20.2. The molecular formula is C21H22N4O4S. The van der Waals surface area contributed by atoms with Gasteiger partial charge in [-0.15, -0.1) is 5.10 Å². The van der Waals surface area contributed by atoms with E-state index in [1.165, 1.54) is 34.1 Å². The standard InChI is InChI=1S/C21H22N4O4S/c1-14(2)20-23-24-21(29-20)22-19(26)16-7-9-18(10-8-16)30(27,28)25-12-11-15-5-3-4-6-17(15)13-25/h3-10,14H,11-13H2,1-2H3,(H,22,24,26). The van der Waals surface area contributed by atoms with Gasteiger partial charge in [-0.05, 0) is 41.8 Å². The number of nitrogens with one attached hydrogen (secondary N) is 1. The lowest BCUT2D eigenvalue weighted by Crippen LogP contribution is -2.35. The average Bonchev–Trinajstić information content (AvgIpc) is 3.22. The molecule has 8 nitrogen and oxygen atoms in total. The Morgan fingerprint density at radius 2 is 1.77 bits per heavy atom. The molecule has 156 valence electrons. The Hall–Kier alpha value is -3.04. The van der Waals surface area contributed by atoms with E-state index in [1.807, 2.05) is 38.1 Å². The molecule has 1 aliphatic heterocycles. The molecule has 4 rings (SSSR count). The maximum Gasteiger partial charge on any atom is 0.322 e. The maximum atomic E-state index is 13.0. The summed E-state index contributed by atoms with van der Waals surface area (Å²) in [5.74, 6) is 0.0223. The molecule has 1 aliphatic rings. The van der Waals surface area contributed by atoms with Crippen LogP contribution in [0.1, 0.15) is 47.1 Å². The van der Waals surface area contributed by atoms with Crippen molar-refractivity contribution in [2.24, 2.45) is 0 Å². The number of carbonyl (C=O) groups is 1. The second kappa shape index (κ2) is 8.00. The molecule has 0 aliphatic carbocycles. The monoisotopic (exact) mass is 426 g/mol. The summed E-state index contributed by atoms with van der Waals surface area (Å²) in [6.45, 7) is 4.57. The molecule has 0 saturated carbocycles. The minimum Gasteiger partial charge on any atom is -0.408 e. The van der Waals surface area contributed by atoms with Crippen LogP contribution in [0.4, 0.5) is 6.01 Å². The van der Waals surface area contributed by atoms with Gasteiger partial charge in [0.15, 0.2) is 0 Å². The number of benzene rings is 2. The van der Waals surface area contributed by atoms with Crippen LogP contribution in [-0.4, -0.2) is 35.4 Å². The zero-order valence-corrected chi connectivity index (χ0v) is 17.5. The molecular weight excluding hydrogens is 404 g/mol. The van der Waals surface area contributed by atoms with Gasteiger partial charge in [-0.2, -0.15) is 4.31 Å². The Balaban J connectivity index is 1.48. The molecule has 1 N–H and O–H groups in total. The fourth-order valence-electron chi connectivity index (χ4n) is 3.29. The highest BCUT2D eigenvalue weighted by atomic mass is 32.2. The quantitative estimate of drug-likeness (QED) is 0.672. The molecule has 9 heteroatoms. The van der Waals surface area contributed by atoms with Gasteiger partial charge in [0.1, 0.15) is 0 Å². The number of aromatic nitrogens is 2. The maximum absolute atomic E-state index is 13.0. The number of hydrogen-bond donors (Lipinski definition) is 1. The van der Waals surface area contributed by atoms with Crippen molar-refractivity contribution >= 4 is 21.9 Å². The van der Waals surface area contributed by atoms with Gasteiger partial charge >= 0.3 is 6.01 Å². The molecule has 0 bridgehead atoms. The van der Waals surface area contributed by atoms with E-state index in [-0.39, 0.29) is 16.8 Å². The van der Waals surface area contributed by atoms with Gasteiger partial charge in [-0.25, -0.2) is 8.42 Å². The van der Waals surface area contributed by atoms with Crippen LogP contribution >= 0.6 is 0 Å². The number of carbonyl (C=O) groups excluding carboxylic acids is 1. The molecule has 0 fully saturated rings. The van der Waals surface area contributed by atoms with Crippen molar-refractivity contribution in [1.29, 1.82) is 0 Å². The van der Waals surface area contributed by atoms with Crippen LogP contribution < -0.4 is 5.32 Å². The van der Waals surface area contributed by atoms with E-state index in [0.717, 1.165) is 5.56 Å².